The second-order valence-electron chi connectivity index (χ2n) is 7.66. The molecule has 0 saturated carbocycles. The molecule has 2 aliphatic rings. The van der Waals surface area contributed by atoms with E-state index in [9.17, 15) is 18.0 Å². The number of carboxylic acid groups (broad SMARTS) is 1. The van der Waals surface area contributed by atoms with E-state index in [1.807, 2.05) is 29.2 Å². The fourth-order valence-electron chi connectivity index (χ4n) is 3.90. The first-order valence-corrected chi connectivity index (χ1v) is 9.46. The van der Waals surface area contributed by atoms with Crippen molar-refractivity contribution in [2.24, 2.45) is 5.92 Å². The number of aliphatic carboxylic acids is 1. The molecule has 30 heavy (non-hydrogen) atoms. The lowest BCUT2D eigenvalue weighted by Gasteiger charge is -2.58. The zero-order valence-electron chi connectivity index (χ0n) is 17.2. The molecule has 1 unspecified atom stereocenters. The molecule has 168 valence electrons. The Balaban J connectivity index is 0.000000396. The van der Waals surface area contributed by atoms with E-state index >= 15 is 0 Å². The average molecular weight is 432 g/mol. The maximum atomic E-state index is 12.7. The highest BCUT2D eigenvalue weighted by atomic mass is 19.4. The minimum Gasteiger partial charge on any atom is -0.497 e. The Labute approximate surface area is 173 Å². The maximum Gasteiger partial charge on any atom is 0.490 e. The first-order valence-electron chi connectivity index (χ1n) is 9.46. The molecule has 0 aliphatic carbocycles. The Morgan fingerprint density at radius 1 is 1.27 bits per heavy atom. The zero-order valence-corrected chi connectivity index (χ0v) is 17.2. The molecule has 2 heterocycles. The highest BCUT2D eigenvalue weighted by Crippen LogP contribution is 2.39. The highest BCUT2D eigenvalue weighted by molar-refractivity contribution is 5.95. The van der Waals surface area contributed by atoms with Gasteiger partial charge < -0.3 is 19.5 Å². The van der Waals surface area contributed by atoms with E-state index in [-0.39, 0.29) is 11.4 Å². The van der Waals surface area contributed by atoms with Gasteiger partial charge in [-0.15, -0.1) is 0 Å². The van der Waals surface area contributed by atoms with Crippen LogP contribution in [0, 0.1) is 5.92 Å². The summed E-state index contributed by atoms with van der Waals surface area (Å²) < 4.78 is 42.3. The number of halogens is 3. The third kappa shape index (κ3) is 5.63. The van der Waals surface area contributed by atoms with Crippen molar-refractivity contribution in [3.8, 4) is 5.75 Å². The van der Waals surface area contributed by atoms with Gasteiger partial charge in [0.05, 0.1) is 12.6 Å². The van der Waals surface area contributed by atoms with Crippen molar-refractivity contribution in [1.82, 2.24) is 9.80 Å². The van der Waals surface area contributed by atoms with Crippen LogP contribution in [0.1, 0.15) is 23.2 Å². The monoisotopic (exact) mass is 432 g/mol. The van der Waals surface area contributed by atoms with Gasteiger partial charge in [-0.1, -0.05) is 6.07 Å². The lowest BCUT2D eigenvalue weighted by atomic mass is 9.75. The van der Waals surface area contributed by atoms with Gasteiger partial charge >= 0.3 is 12.1 Å². The van der Waals surface area contributed by atoms with Crippen LogP contribution in [0.25, 0.3) is 0 Å². The number of ether oxygens (including phenoxy) is 2. The Bertz CT molecular complexity index is 750. The van der Waals surface area contributed by atoms with Crippen molar-refractivity contribution in [2.75, 3.05) is 47.5 Å². The number of likely N-dealkylation sites (tertiary alicyclic amines) is 2. The first-order chi connectivity index (χ1) is 14.0. The molecule has 1 spiro atoms. The predicted octanol–water partition coefficient (Wildman–Crippen LogP) is 2.51. The van der Waals surface area contributed by atoms with E-state index in [1.165, 1.54) is 6.42 Å². The minimum atomic E-state index is -5.08. The fraction of sp³-hybridized carbons (Fsp3) is 0.600. The second kappa shape index (κ2) is 9.65. The Morgan fingerprint density at radius 3 is 2.43 bits per heavy atom. The SMILES string of the molecule is COCC1CCN(C)C2(C1)CN(C(=O)c1cccc(OC)c1)C2.O=C(O)C(F)(F)F. The molecule has 1 aromatic rings. The number of hydrogen-bond acceptors (Lipinski definition) is 5. The van der Waals surface area contributed by atoms with Gasteiger partial charge in [-0.2, -0.15) is 13.2 Å². The second-order valence-corrected chi connectivity index (χ2v) is 7.66. The summed E-state index contributed by atoms with van der Waals surface area (Å²) in [5.41, 5.74) is 0.835. The van der Waals surface area contributed by atoms with Gasteiger partial charge in [-0.3, -0.25) is 9.69 Å². The molecule has 10 heteroatoms. The number of benzene rings is 1. The third-order valence-corrected chi connectivity index (χ3v) is 5.57. The number of amides is 1. The molecule has 1 N–H and O–H groups in total. The number of hydrogen-bond donors (Lipinski definition) is 1. The number of methoxy groups -OCH3 is 2. The number of piperidine rings is 1. The zero-order chi connectivity index (χ0) is 22.5. The molecule has 7 nitrogen and oxygen atoms in total. The number of nitrogens with zero attached hydrogens (tertiary/aromatic N) is 2. The molecule has 2 saturated heterocycles. The Kier molecular flexibility index (Phi) is 7.70. The molecule has 0 radical (unpaired) electrons. The van der Waals surface area contributed by atoms with Crippen LogP contribution >= 0.6 is 0 Å². The number of rotatable bonds is 4. The molecule has 0 bridgehead atoms. The van der Waals surface area contributed by atoms with E-state index < -0.39 is 12.1 Å². The molecule has 3 rings (SSSR count). The number of carboxylic acids is 1. The molecule has 2 aliphatic heterocycles. The molecule has 1 amide bonds. The van der Waals surface area contributed by atoms with Crippen LogP contribution < -0.4 is 4.74 Å². The summed E-state index contributed by atoms with van der Waals surface area (Å²) in [5, 5.41) is 7.12. The Morgan fingerprint density at radius 2 is 1.90 bits per heavy atom. The van der Waals surface area contributed by atoms with Gasteiger partial charge in [-0.05, 0) is 50.6 Å². The van der Waals surface area contributed by atoms with Gasteiger partial charge in [-0.25, -0.2) is 4.79 Å². The largest absolute Gasteiger partial charge is 0.497 e. The average Bonchev–Trinajstić information content (AvgIpc) is 2.67. The highest BCUT2D eigenvalue weighted by Gasteiger charge is 2.50. The van der Waals surface area contributed by atoms with Gasteiger partial charge in [0.2, 0.25) is 0 Å². The van der Waals surface area contributed by atoms with Gasteiger partial charge in [0.15, 0.2) is 0 Å². The van der Waals surface area contributed by atoms with E-state index in [0.717, 1.165) is 38.4 Å². The molecular formula is C20H27F3N2O5. The topological polar surface area (TPSA) is 79.3 Å². The summed E-state index contributed by atoms with van der Waals surface area (Å²) in [6.45, 7) is 3.51. The van der Waals surface area contributed by atoms with Crippen molar-refractivity contribution in [2.45, 2.75) is 24.6 Å². The normalized spacial score (nSPS) is 20.7. The standard InChI is InChI=1S/C18H26N2O3.C2HF3O2/c1-19-8-7-14(11-22-2)10-18(19)12-20(13-18)17(21)15-5-4-6-16(9-15)23-3;3-2(4,5)1(6)7/h4-6,9,14H,7-8,10-13H2,1-3H3;(H,6,7). The summed E-state index contributed by atoms with van der Waals surface area (Å²) in [6, 6.07) is 7.39. The van der Waals surface area contributed by atoms with Crippen molar-refractivity contribution in [3.05, 3.63) is 29.8 Å². The van der Waals surface area contributed by atoms with Crippen LogP contribution in [0.4, 0.5) is 13.2 Å². The van der Waals surface area contributed by atoms with Crippen molar-refractivity contribution < 1.29 is 37.3 Å². The van der Waals surface area contributed by atoms with E-state index in [0.29, 0.717) is 11.5 Å². The summed E-state index contributed by atoms with van der Waals surface area (Å²) in [4.78, 5) is 25.9. The minimum absolute atomic E-state index is 0.0942. The molecular weight excluding hydrogens is 405 g/mol. The summed E-state index contributed by atoms with van der Waals surface area (Å²) >= 11 is 0. The lowest BCUT2D eigenvalue weighted by Crippen LogP contribution is -2.72. The van der Waals surface area contributed by atoms with Gasteiger partial charge in [0.1, 0.15) is 5.75 Å². The Hall–Kier alpha value is -2.33. The van der Waals surface area contributed by atoms with Crippen molar-refractivity contribution >= 4 is 11.9 Å². The number of carbonyl (C=O) groups excluding carboxylic acids is 1. The van der Waals surface area contributed by atoms with Gasteiger partial charge in [0, 0.05) is 32.4 Å². The van der Waals surface area contributed by atoms with Crippen LogP contribution in [0.3, 0.4) is 0 Å². The van der Waals surface area contributed by atoms with Crippen LogP contribution in [0.15, 0.2) is 24.3 Å². The third-order valence-electron chi connectivity index (χ3n) is 5.57. The van der Waals surface area contributed by atoms with Crippen LogP contribution in [-0.4, -0.2) is 86.0 Å². The fourth-order valence-corrected chi connectivity index (χ4v) is 3.90. The lowest BCUT2D eigenvalue weighted by molar-refractivity contribution is -0.192. The van der Waals surface area contributed by atoms with E-state index in [1.54, 1.807) is 14.2 Å². The molecule has 2 fully saturated rings. The summed E-state index contributed by atoms with van der Waals surface area (Å²) in [5.74, 6) is -1.34. The maximum absolute atomic E-state index is 12.7. The molecule has 1 aromatic carbocycles. The van der Waals surface area contributed by atoms with Crippen molar-refractivity contribution in [3.63, 3.8) is 0 Å². The van der Waals surface area contributed by atoms with Gasteiger partial charge in [0.25, 0.3) is 5.91 Å². The first kappa shape index (κ1) is 23.9. The number of carbonyl (C=O) groups is 2. The van der Waals surface area contributed by atoms with Crippen LogP contribution in [0.2, 0.25) is 0 Å². The summed E-state index contributed by atoms with van der Waals surface area (Å²) in [7, 11) is 5.57. The quantitative estimate of drug-likeness (QED) is 0.788. The van der Waals surface area contributed by atoms with Crippen LogP contribution in [0.5, 0.6) is 5.75 Å². The van der Waals surface area contributed by atoms with E-state index in [4.69, 9.17) is 19.4 Å². The smallest absolute Gasteiger partial charge is 0.490 e. The molecule has 1 atom stereocenters. The number of likely N-dealkylation sites (N-methyl/N-ethyl adjacent to an activating group) is 1. The predicted molar refractivity (Wildman–Crippen MR) is 103 cm³/mol. The number of alkyl halides is 3. The molecule has 0 aromatic heterocycles. The van der Waals surface area contributed by atoms with Crippen LogP contribution in [-0.2, 0) is 9.53 Å². The summed E-state index contributed by atoms with van der Waals surface area (Å²) in [6.07, 6.45) is -2.80. The van der Waals surface area contributed by atoms with Crippen molar-refractivity contribution in [1.29, 1.82) is 0 Å². The van der Waals surface area contributed by atoms with E-state index in [2.05, 4.69) is 11.9 Å².